The van der Waals surface area contributed by atoms with Crippen molar-refractivity contribution in [3.05, 3.63) is 33.3 Å². The summed E-state index contributed by atoms with van der Waals surface area (Å²) in [6.07, 6.45) is 1.10. The number of thiophene rings is 1. The van der Waals surface area contributed by atoms with Crippen LogP contribution in [0, 0.1) is 13.8 Å². The van der Waals surface area contributed by atoms with Crippen molar-refractivity contribution in [2.24, 2.45) is 0 Å². The zero-order chi connectivity index (χ0) is 16.4. The molecule has 0 bridgehead atoms. The Kier molecular flexibility index (Phi) is 4.68. The van der Waals surface area contributed by atoms with Crippen molar-refractivity contribution in [1.29, 1.82) is 0 Å². The summed E-state index contributed by atoms with van der Waals surface area (Å²) in [5.41, 5.74) is 2.76. The molecule has 3 heterocycles. The van der Waals surface area contributed by atoms with Gasteiger partial charge < -0.3 is 15.2 Å². The first-order valence-electron chi connectivity index (χ1n) is 7.81. The molecule has 7 heteroatoms. The number of nitrogens with zero attached hydrogens (tertiary/aromatic N) is 2. The molecule has 1 aliphatic heterocycles. The van der Waals surface area contributed by atoms with Crippen molar-refractivity contribution in [3.63, 3.8) is 0 Å². The van der Waals surface area contributed by atoms with E-state index in [1.807, 2.05) is 11.3 Å². The quantitative estimate of drug-likeness (QED) is 0.902. The number of nitrogens with one attached hydrogen (secondary N) is 2. The van der Waals surface area contributed by atoms with Gasteiger partial charge in [-0.15, -0.1) is 11.3 Å². The third-order valence-electron chi connectivity index (χ3n) is 4.29. The predicted molar refractivity (Wildman–Crippen MR) is 90.9 cm³/mol. The Morgan fingerprint density at radius 2 is 2.35 bits per heavy atom. The number of hydrogen-bond acceptors (Lipinski definition) is 5. The summed E-state index contributed by atoms with van der Waals surface area (Å²) >= 11 is 1.84. The van der Waals surface area contributed by atoms with E-state index in [9.17, 15) is 4.79 Å². The average Bonchev–Trinajstić information content (AvgIpc) is 3.13. The molecule has 124 valence electrons. The van der Waals surface area contributed by atoms with Crippen molar-refractivity contribution < 1.29 is 9.32 Å². The van der Waals surface area contributed by atoms with Gasteiger partial charge >= 0.3 is 6.03 Å². The fourth-order valence-electron chi connectivity index (χ4n) is 2.84. The van der Waals surface area contributed by atoms with Crippen LogP contribution in [0.5, 0.6) is 0 Å². The highest BCUT2D eigenvalue weighted by molar-refractivity contribution is 7.10. The number of aromatic nitrogens is 1. The largest absolute Gasteiger partial charge is 0.359 e. The van der Waals surface area contributed by atoms with Gasteiger partial charge in [0.2, 0.25) is 0 Å². The van der Waals surface area contributed by atoms with Crippen LogP contribution in [0.4, 0.5) is 10.5 Å². The molecule has 0 unspecified atom stereocenters. The topological polar surface area (TPSA) is 70.4 Å². The second-order valence-electron chi connectivity index (χ2n) is 5.97. The number of aryl methyl sites for hydroxylation is 2. The fourth-order valence-corrected chi connectivity index (χ4v) is 3.72. The fraction of sp³-hybridized carbons (Fsp3) is 0.500. The lowest BCUT2D eigenvalue weighted by molar-refractivity contribution is 0.188. The van der Waals surface area contributed by atoms with E-state index >= 15 is 0 Å². The van der Waals surface area contributed by atoms with E-state index in [1.165, 1.54) is 10.4 Å². The Morgan fingerprint density at radius 3 is 3.09 bits per heavy atom. The molecule has 0 aromatic carbocycles. The lowest BCUT2D eigenvalue weighted by Crippen LogP contribution is -2.45. The Hall–Kier alpha value is -1.86. The van der Waals surface area contributed by atoms with E-state index in [2.05, 4.69) is 39.1 Å². The van der Waals surface area contributed by atoms with Crippen LogP contribution < -0.4 is 10.6 Å². The summed E-state index contributed by atoms with van der Waals surface area (Å²) in [5, 5.41) is 11.7. The zero-order valence-corrected chi connectivity index (χ0v) is 14.5. The summed E-state index contributed by atoms with van der Waals surface area (Å²) in [4.78, 5) is 16.0. The molecule has 0 aliphatic carbocycles. The minimum atomic E-state index is -0.223. The summed E-state index contributed by atoms with van der Waals surface area (Å²) in [5.74, 6) is 0.617. The minimum Gasteiger partial charge on any atom is -0.359 e. The summed E-state index contributed by atoms with van der Waals surface area (Å²) in [6, 6.07) is 2.27. The van der Waals surface area contributed by atoms with E-state index in [-0.39, 0.29) is 6.03 Å². The van der Waals surface area contributed by atoms with Gasteiger partial charge in [0, 0.05) is 30.6 Å². The monoisotopic (exact) mass is 334 g/mol. The van der Waals surface area contributed by atoms with Gasteiger partial charge in [-0.3, -0.25) is 4.90 Å². The molecule has 0 saturated carbocycles. The maximum Gasteiger partial charge on any atom is 0.319 e. The second kappa shape index (κ2) is 6.72. The van der Waals surface area contributed by atoms with Crippen molar-refractivity contribution in [2.45, 2.75) is 39.8 Å². The average molecular weight is 334 g/mol. The van der Waals surface area contributed by atoms with E-state index in [1.54, 1.807) is 13.8 Å². The number of carbonyl (C=O) groups excluding carboxylic acids is 1. The Bertz CT molecular complexity index is 675. The number of urea groups is 1. The normalized spacial score (nSPS) is 16.0. The first-order valence-corrected chi connectivity index (χ1v) is 8.69. The molecule has 2 aromatic rings. The molecule has 2 aromatic heterocycles. The Balaban J connectivity index is 1.49. The van der Waals surface area contributed by atoms with Gasteiger partial charge in [-0.2, -0.15) is 0 Å². The molecule has 1 aliphatic rings. The zero-order valence-electron chi connectivity index (χ0n) is 13.7. The van der Waals surface area contributed by atoms with E-state index in [0.717, 1.165) is 19.5 Å². The lowest BCUT2D eigenvalue weighted by Gasteiger charge is -2.32. The van der Waals surface area contributed by atoms with Crippen molar-refractivity contribution in [3.8, 4) is 0 Å². The molecule has 2 amide bonds. The molecule has 2 N–H and O–H groups in total. The Labute approximate surface area is 139 Å². The van der Waals surface area contributed by atoms with Gasteiger partial charge in [0.25, 0.3) is 0 Å². The number of amides is 2. The predicted octanol–water partition coefficient (Wildman–Crippen LogP) is 2.92. The molecule has 0 saturated heterocycles. The third kappa shape index (κ3) is 3.56. The van der Waals surface area contributed by atoms with Crippen LogP contribution in [0.15, 0.2) is 16.0 Å². The maximum atomic E-state index is 12.1. The van der Waals surface area contributed by atoms with E-state index in [4.69, 9.17) is 4.52 Å². The molecule has 0 fully saturated rings. The van der Waals surface area contributed by atoms with E-state index < -0.39 is 0 Å². The van der Waals surface area contributed by atoms with Crippen LogP contribution >= 0.6 is 11.3 Å². The van der Waals surface area contributed by atoms with Gasteiger partial charge in [-0.25, -0.2) is 4.79 Å². The SMILES string of the molecule is Cc1noc(C)c1NC(=O)NC[C@@H](C)N1CCc2sccc2C1. The number of fused-ring (bicyclic) bond motifs is 1. The second-order valence-corrected chi connectivity index (χ2v) is 6.97. The maximum absolute atomic E-state index is 12.1. The van der Waals surface area contributed by atoms with Crippen LogP contribution in [-0.4, -0.2) is 35.2 Å². The van der Waals surface area contributed by atoms with Crippen LogP contribution in [0.1, 0.15) is 28.8 Å². The summed E-state index contributed by atoms with van der Waals surface area (Å²) < 4.78 is 5.04. The van der Waals surface area contributed by atoms with Gasteiger partial charge in [0.15, 0.2) is 5.76 Å². The molecule has 0 spiro atoms. The number of carbonyl (C=O) groups is 1. The highest BCUT2D eigenvalue weighted by atomic mass is 32.1. The molecule has 3 rings (SSSR count). The minimum absolute atomic E-state index is 0.223. The van der Waals surface area contributed by atoms with Gasteiger partial charge in [-0.1, -0.05) is 5.16 Å². The number of hydrogen-bond donors (Lipinski definition) is 2. The Morgan fingerprint density at radius 1 is 1.52 bits per heavy atom. The van der Waals surface area contributed by atoms with Crippen molar-refractivity contribution >= 4 is 23.1 Å². The van der Waals surface area contributed by atoms with Crippen LogP contribution in [0.25, 0.3) is 0 Å². The highest BCUT2D eigenvalue weighted by Crippen LogP contribution is 2.25. The lowest BCUT2D eigenvalue weighted by atomic mass is 10.1. The molecule has 0 radical (unpaired) electrons. The molecular weight excluding hydrogens is 312 g/mol. The molecule has 6 nitrogen and oxygen atoms in total. The van der Waals surface area contributed by atoms with E-state index in [0.29, 0.717) is 29.7 Å². The first kappa shape index (κ1) is 16.0. The van der Waals surface area contributed by atoms with Gasteiger partial charge in [-0.05, 0) is 44.2 Å². The first-order chi connectivity index (χ1) is 11.0. The van der Waals surface area contributed by atoms with Gasteiger partial charge in [0.1, 0.15) is 11.4 Å². The molecule has 23 heavy (non-hydrogen) atoms. The van der Waals surface area contributed by atoms with Gasteiger partial charge in [0.05, 0.1) is 0 Å². The van der Waals surface area contributed by atoms with Crippen LogP contribution in [-0.2, 0) is 13.0 Å². The third-order valence-corrected chi connectivity index (χ3v) is 5.31. The summed E-state index contributed by atoms with van der Waals surface area (Å²) in [6.45, 7) is 8.35. The summed E-state index contributed by atoms with van der Waals surface area (Å²) in [7, 11) is 0. The number of rotatable bonds is 4. The van der Waals surface area contributed by atoms with Crippen molar-refractivity contribution in [1.82, 2.24) is 15.4 Å². The van der Waals surface area contributed by atoms with Crippen molar-refractivity contribution in [2.75, 3.05) is 18.4 Å². The number of anilines is 1. The van der Waals surface area contributed by atoms with Crippen LogP contribution in [0.3, 0.4) is 0 Å². The molecular formula is C16H22N4O2S. The highest BCUT2D eigenvalue weighted by Gasteiger charge is 2.22. The molecule has 1 atom stereocenters. The van der Waals surface area contributed by atoms with Crippen LogP contribution in [0.2, 0.25) is 0 Å². The standard InChI is InChI=1S/C16H22N4O2S/c1-10(20-6-4-14-13(9-20)5-7-23-14)8-17-16(21)18-15-11(2)19-22-12(15)3/h5,7,10H,4,6,8-9H2,1-3H3,(H2,17,18,21)/t10-/m1/s1. The smallest absolute Gasteiger partial charge is 0.319 e.